The van der Waals surface area contributed by atoms with Crippen LogP contribution in [0.1, 0.15) is 33.1 Å². The molecule has 0 bridgehead atoms. The van der Waals surface area contributed by atoms with Crippen molar-refractivity contribution in [1.82, 2.24) is 4.31 Å². The number of anilines is 2. The second-order valence-electron chi connectivity index (χ2n) is 8.29. The molecule has 2 heterocycles. The van der Waals surface area contributed by atoms with Gasteiger partial charge in [-0.1, -0.05) is 19.1 Å². The molecule has 7 nitrogen and oxygen atoms in total. The smallest absolute Gasteiger partial charge is 0.246 e. The van der Waals surface area contributed by atoms with Gasteiger partial charge in [-0.3, -0.25) is 4.79 Å². The summed E-state index contributed by atoms with van der Waals surface area (Å²) in [6.07, 6.45) is 2.64. The number of rotatable bonds is 7. The first-order chi connectivity index (χ1) is 15.9. The van der Waals surface area contributed by atoms with Gasteiger partial charge in [-0.25, -0.2) is 8.42 Å². The minimum atomic E-state index is -3.65. The van der Waals surface area contributed by atoms with Crippen molar-refractivity contribution in [3.05, 3.63) is 42.5 Å². The van der Waals surface area contributed by atoms with Crippen LogP contribution in [0.4, 0.5) is 11.4 Å². The van der Waals surface area contributed by atoms with Gasteiger partial charge in [0, 0.05) is 35.5 Å². The van der Waals surface area contributed by atoms with Crippen molar-refractivity contribution >= 4 is 39.1 Å². The van der Waals surface area contributed by atoms with Crippen LogP contribution in [0.15, 0.2) is 52.3 Å². The maximum Gasteiger partial charge on any atom is 0.246 e. The van der Waals surface area contributed by atoms with Crippen molar-refractivity contribution in [3.8, 4) is 5.75 Å². The summed E-state index contributed by atoms with van der Waals surface area (Å²) in [5.74, 6) is 0.295. The van der Waals surface area contributed by atoms with Crippen LogP contribution in [0.25, 0.3) is 0 Å². The summed E-state index contributed by atoms with van der Waals surface area (Å²) in [6, 6.07) is 13.0. The van der Waals surface area contributed by atoms with E-state index in [4.69, 9.17) is 4.74 Å². The monoisotopic (exact) mass is 489 g/mol. The number of amides is 1. The first-order valence-corrected chi connectivity index (χ1v) is 13.8. The third-order valence-corrected chi connectivity index (χ3v) is 9.07. The van der Waals surface area contributed by atoms with Gasteiger partial charge in [-0.05, 0) is 56.5 Å². The van der Waals surface area contributed by atoms with E-state index in [1.54, 1.807) is 30.0 Å². The summed E-state index contributed by atoms with van der Waals surface area (Å²) in [4.78, 5) is 16.2. The average molecular weight is 490 g/mol. The van der Waals surface area contributed by atoms with E-state index in [2.05, 4.69) is 18.3 Å². The summed E-state index contributed by atoms with van der Waals surface area (Å²) in [7, 11) is -3.65. The van der Waals surface area contributed by atoms with Crippen LogP contribution in [-0.2, 0) is 14.8 Å². The highest BCUT2D eigenvalue weighted by Gasteiger charge is 2.30. The van der Waals surface area contributed by atoms with Crippen LogP contribution < -0.4 is 15.0 Å². The van der Waals surface area contributed by atoms with E-state index in [9.17, 15) is 13.2 Å². The zero-order valence-corrected chi connectivity index (χ0v) is 20.8. The molecule has 1 N–H and O–H groups in total. The van der Waals surface area contributed by atoms with Crippen LogP contribution >= 0.6 is 11.8 Å². The molecular weight excluding hydrogens is 458 g/mol. The lowest BCUT2D eigenvalue weighted by molar-refractivity contribution is -0.117. The number of nitrogens with zero attached hydrogens (tertiary/aromatic N) is 2. The highest BCUT2D eigenvalue weighted by molar-refractivity contribution is 8.00. The molecule has 0 aliphatic carbocycles. The number of nitrogens with one attached hydrogen (secondary N) is 1. The molecule has 2 aromatic rings. The van der Waals surface area contributed by atoms with E-state index in [-0.39, 0.29) is 17.3 Å². The number of hydrogen-bond donors (Lipinski definition) is 1. The molecule has 2 aliphatic rings. The highest BCUT2D eigenvalue weighted by Crippen LogP contribution is 2.37. The van der Waals surface area contributed by atoms with Gasteiger partial charge in [0.2, 0.25) is 15.9 Å². The molecule has 1 fully saturated rings. The van der Waals surface area contributed by atoms with Gasteiger partial charge in [-0.15, -0.1) is 11.8 Å². The van der Waals surface area contributed by atoms with Crippen molar-refractivity contribution in [2.75, 3.05) is 43.0 Å². The molecule has 1 saturated heterocycles. The van der Waals surface area contributed by atoms with Gasteiger partial charge in [0.15, 0.2) is 0 Å². The Balaban J connectivity index is 1.53. The van der Waals surface area contributed by atoms with Gasteiger partial charge >= 0.3 is 0 Å². The Bertz CT molecular complexity index is 1100. The Labute approximate surface area is 200 Å². The van der Waals surface area contributed by atoms with Crippen LogP contribution in [0.3, 0.4) is 0 Å². The predicted molar refractivity (Wildman–Crippen MR) is 133 cm³/mol. The van der Waals surface area contributed by atoms with E-state index < -0.39 is 10.0 Å². The van der Waals surface area contributed by atoms with Crippen molar-refractivity contribution in [2.45, 2.75) is 48.2 Å². The summed E-state index contributed by atoms with van der Waals surface area (Å²) < 4.78 is 33.5. The lowest BCUT2D eigenvalue weighted by atomic mass is 10.2. The van der Waals surface area contributed by atoms with Crippen LogP contribution in [0.5, 0.6) is 5.75 Å². The standard InChI is InChI=1S/C24H31N3O4S2/c1-3-31-21-11-10-19(16-23(21)33(29,30)26-13-6-7-14-26)25-17-24(28)27-15-12-18(2)32-22-9-5-4-8-20(22)27/h4-5,8-11,16,18,25H,3,6-7,12-15,17H2,1-2H3. The molecule has 0 aromatic heterocycles. The second-order valence-corrected chi connectivity index (χ2v) is 11.7. The molecule has 1 atom stereocenters. The van der Waals surface area contributed by atoms with Gasteiger partial charge < -0.3 is 15.0 Å². The van der Waals surface area contributed by atoms with Crippen LogP contribution in [0.2, 0.25) is 0 Å². The number of thioether (sulfide) groups is 1. The molecule has 0 spiro atoms. The van der Waals surface area contributed by atoms with Gasteiger partial charge in [0.1, 0.15) is 10.6 Å². The van der Waals surface area contributed by atoms with E-state index in [1.807, 2.05) is 30.0 Å². The molecule has 0 saturated carbocycles. The molecule has 33 heavy (non-hydrogen) atoms. The Hall–Kier alpha value is -2.23. The van der Waals surface area contributed by atoms with Gasteiger partial charge in [0.25, 0.3) is 0 Å². The largest absolute Gasteiger partial charge is 0.492 e. The fourth-order valence-electron chi connectivity index (χ4n) is 4.18. The topological polar surface area (TPSA) is 79.0 Å². The van der Waals surface area contributed by atoms with E-state index >= 15 is 0 Å². The van der Waals surface area contributed by atoms with Crippen molar-refractivity contribution in [2.24, 2.45) is 0 Å². The number of carbonyl (C=O) groups excluding carboxylic acids is 1. The fraction of sp³-hybridized carbons (Fsp3) is 0.458. The minimum absolute atomic E-state index is 0.0463. The molecular formula is C24H31N3O4S2. The number of sulfonamides is 1. The quantitative estimate of drug-likeness (QED) is 0.628. The number of carbonyl (C=O) groups is 1. The van der Waals surface area contributed by atoms with E-state index in [1.165, 1.54) is 4.31 Å². The van der Waals surface area contributed by atoms with Gasteiger partial charge in [0.05, 0.1) is 18.8 Å². The molecule has 0 radical (unpaired) electrons. The summed E-state index contributed by atoms with van der Waals surface area (Å²) in [5.41, 5.74) is 1.51. The summed E-state index contributed by atoms with van der Waals surface area (Å²) >= 11 is 1.79. The molecule has 2 aliphatic heterocycles. The van der Waals surface area contributed by atoms with Crippen LogP contribution in [0, 0.1) is 0 Å². The molecule has 9 heteroatoms. The predicted octanol–water partition coefficient (Wildman–Crippen LogP) is 4.20. The summed E-state index contributed by atoms with van der Waals surface area (Å²) in [6.45, 7) is 6.15. The Kier molecular flexibility index (Phi) is 7.51. The van der Waals surface area contributed by atoms with E-state index in [0.29, 0.717) is 42.9 Å². The molecule has 1 amide bonds. The Morgan fingerprint density at radius 3 is 2.67 bits per heavy atom. The Morgan fingerprint density at radius 2 is 1.91 bits per heavy atom. The molecule has 1 unspecified atom stereocenters. The SMILES string of the molecule is CCOc1ccc(NCC(=O)N2CCC(C)Sc3ccccc32)cc1S(=O)(=O)N1CCCC1. The third kappa shape index (κ3) is 5.31. The fourth-order valence-corrected chi connectivity index (χ4v) is 6.97. The number of para-hydroxylation sites is 1. The lowest BCUT2D eigenvalue weighted by Gasteiger charge is -2.23. The minimum Gasteiger partial charge on any atom is -0.492 e. The zero-order valence-electron chi connectivity index (χ0n) is 19.1. The summed E-state index contributed by atoms with van der Waals surface area (Å²) in [5, 5.41) is 3.57. The highest BCUT2D eigenvalue weighted by atomic mass is 32.2. The first-order valence-electron chi connectivity index (χ1n) is 11.5. The number of benzene rings is 2. The first kappa shape index (κ1) is 23.9. The maximum absolute atomic E-state index is 13.2. The van der Waals surface area contributed by atoms with Crippen LogP contribution in [-0.4, -0.2) is 56.7 Å². The number of hydrogen-bond acceptors (Lipinski definition) is 6. The number of ether oxygens (including phenoxy) is 1. The zero-order chi connectivity index (χ0) is 23.4. The van der Waals surface area contributed by atoms with Crippen molar-refractivity contribution in [1.29, 1.82) is 0 Å². The molecule has 4 rings (SSSR count). The second kappa shape index (κ2) is 10.4. The molecule has 2 aromatic carbocycles. The maximum atomic E-state index is 13.2. The average Bonchev–Trinajstić information content (AvgIpc) is 3.30. The Morgan fingerprint density at radius 1 is 1.15 bits per heavy atom. The van der Waals surface area contributed by atoms with E-state index in [0.717, 1.165) is 29.8 Å². The normalized spacial score (nSPS) is 19.1. The van der Waals surface area contributed by atoms with Gasteiger partial charge in [-0.2, -0.15) is 4.31 Å². The van der Waals surface area contributed by atoms with Crippen molar-refractivity contribution < 1.29 is 17.9 Å². The lowest BCUT2D eigenvalue weighted by Crippen LogP contribution is -2.36. The molecule has 178 valence electrons. The number of fused-ring (bicyclic) bond motifs is 1. The van der Waals surface area contributed by atoms with Crippen molar-refractivity contribution in [3.63, 3.8) is 0 Å². The third-order valence-electron chi connectivity index (χ3n) is 5.91.